The normalized spacial score (nSPS) is 10.5. The van der Waals surface area contributed by atoms with Gasteiger partial charge in [0.1, 0.15) is 0 Å². The maximum atomic E-state index is 4.02. The van der Waals surface area contributed by atoms with E-state index in [4.69, 9.17) is 0 Å². The van der Waals surface area contributed by atoms with Gasteiger partial charge in [0.15, 0.2) is 0 Å². The van der Waals surface area contributed by atoms with Crippen LogP contribution in [0.1, 0.15) is 16.7 Å². The van der Waals surface area contributed by atoms with E-state index in [9.17, 15) is 0 Å². The molecule has 0 saturated heterocycles. The van der Waals surface area contributed by atoms with E-state index in [1.807, 2.05) is 12.1 Å². The predicted octanol–water partition coefficient (Wildman–Crippen LogP) is 3.28. The molecule has 0 atom stereocenters. The Morgan fingerprint density at radius 2 is 1.71 bits per heavy atom. The minimum Gasteiger partial charge on any atom is -0.323 e. The van der Waals surface area contributed by atoms with Gasteiger partial charge in [0.05, 0.1) is 5.69 Å². The summed E-state index contributed by atoms with van der Waals surface area (Å²) in [7, 11) is 0. The van der Waals surface area contributed by atoms with E-state index in [1.165, 1.54) is 16.8 Å². The lowest BCUT2D eigenvalue weighted by atomic mass is 10.0. The van der Waals surface area contributed by atoms with Crippen molar-refractivity contribution >= 4 is 0 Å². The molecule has 0 fully saturated rings. The molecule has 0 spiro atoms. The number of aryl methyl sites for hydroxylation is 1. The van der Waals surface area contributed by atoms with Crippen LogP contribution in [0.3, 0.4) is 0 Å². The predicted molar refractivity (Wildman–Crippen MR) is 59.7 cm³/mol. The second kappa shape index (κ2) is 3.33. The van der Waals surface area contributed by atoms with E-state index in [1.54, 1.807) is 0 Å². The van der Waals surface area contributed by atoms with Gasteiger partial charge in [0, 0.05) is 12.4 Å². The van der Waals surface area contributed by atoms with E-state index in [0.717, 1.165) is 5.56 Å². The molecule has 0 aliphatic rings. The molecule has 14 heavy (non-hydrogen) atoms. The standard InChI is InChI=1S/C13H14N/c1-10-6-7-11(2)13(12(10)3)14-8-4-5-9-14/h4-9H,1H2,2-3H3. The van der Waals surface area contributed by atoms with Crippen molar-refractivity contribution in [2.75, 3.05) is 0 Å². The Bertz CT molecular complexity index is 439. The van der Waals surface area contributed by atoms with Gasteiger partial charge < -0.3 is 4.57 Å². The first-order valence-corrected chi connectivity index (χ1v) is 4.75. The number of aromatic nitrogens is 1. The van der Waals surface area contributed by atoms with Crippen LogP contribution in [-0.2, 0) is 0 Å². The van der Waals surface area contributed by atoms with Gasteiger partial charge in [0.2, 0.25) is 0 Å². The quantitative estimate of drug-likeness (QED) is 0.641. The smallest absolute Gasteiger partial charge is 0.0510 e. The van der Waals surface area contributed by atoms with Crippen molar-refractivity contribution in [1.82, 2.24) is 4.57 Å². The van der Waals surface area contributed by atoms with Crippen molar-refractivity contribution in [3.05, 3.63) is 60.3 Å². The monoisotopic (exact) mass is 184 g/mol. The summed E-state index contributed by atoms with van der Waals surface area (Å²) in [5.74, 6) is 0. The molecule has 1 heterocycles. The molecule has 1 aromatic heterocycles. The number of hydrogen-bond donors (Lipinski definition) is 0. The highest BCUT2D eigenvalue weighted by Crippen LogP contribution is 2.21. The molecule has 2 rings (SSSR count). The van der Waals surface area contributed by atoms with E-state index >= 15 is 0 Å². The molecule has 1 heteroatoms. The summed E-state index contributed by atoms with van der Waals surface area (Å²) in [6.07, 6.45) is 4.13. The Labute approximate surface area is 85.0 Å². The van der Waals surface area contributed by atoms with Gasteiger partial charge in [-0.05, 0) is 49.6 Å². The van der Waals surface area contributed by atoms with E-state index < -0.39 is 0 Å². The molecular weight excluding hydrogens is 170 g/mol. The molecule has 0 N–H and O–H groups in total. The van der Waals surface area contributed by atoms with Crippen LogP contribution in [0, 0.1) is 20.8 Å². The minimum absolute atomic E-state index is 1.10. The zero-order chi connectivity index (χ0) is 10.1. The third kappa shape index (κ3) is 1.35. The van der Waals surface area contributed by atoms with E-state index in [0.29, 0.717) is 0 Å². The molecular formula is C13H14N. The highest BCUT2D eigenvalue weighted by molar-refractivity contribution is 5.52. The summed E-state index contributed by atoms with van der Waals surface area (Å²) in [4.78, 5) is 0. The Morgan fingerprint density at radius 1 is 1.07 bits per heavy atom. The number of hydrogen-bond acceptors (Lipinski definition) is 0. The Morgan fingerprint density at radius 3 is 2.36 bits per heavy atom. The maximum absolute atomic E-state index is 4.02. The summed E-state index contributed by atoms with van der Waals surface area (Å²) >= 11 is 0. The van der Waals surface area contributed by atoms with Crippen LogP contribution in [0.2, 0.25) is 0 Å². The molecule has 0 bridgehead atoms. The first kappa shape index (κ1) is 9.07. The fraction of sp³-hybridized carbons (Fsp3) is 0.154. The zero-order valence-electron chi connectivity index (χ0n) is 8.62. The van der Waals surface area contributed by atoms with Crippen LogP contribution in [0.15, 0.2) is 36.7 Å². The summed E-state index contributed by atoms with van der Waals surface area (Å²) < 4.78 is 2.14. The molecule has 2 aromatic rings. The second-order valence-corrected chi connectivity index (χ2v) is 3.61. The molecule has 0 unspecified atom stereocenters. The lowest BCUT2D eigenvalue weighted by Gasteiger charge is -2.13. The minimum atomic E-state index is 1.10. The Hall–Kier alpha value is -1.50. The SMILES string of the molecule is [CH2]c1ccc(C)c(-n2cccc2)c1C. The van der Waals surface area contributed by atoms with Crippen LogP contribution < -0.4 is 0 Å². The average molecular weight is 184 g/mol. The third-order valence-electron chi connectivity index (χ3n) is 2.61. The molecule has 1 radical (unpaired) electrons. The molecule has 71 valence electrons. The zero-order valence-corrected chi connectivity index (χ0v) is 8.62. The molecule has 1 nitrogen and oxygen atoms in total. The fourth-order valence-electron chi connectivity index (χ4n) is 1.76. The van der Waals surface area contributed by atoms with Gasteiger partial charge in [-0.15, -0.1) is 0 Å². The van der Waals surface area contributed by atoms with Gasteiger partial charge in [-0.2, -0.15) is 0 Å². The number of benzene rings is 1. The Balaban J connectivity index is 2.69. The number of rotatable bonds is 1. The highest BCUT2D eigenvalue weighted by atomic mass is 14.9. The number of nitrogens with zero attached hydrogens (tertiary/aromatic N) is 1. The van der Waals surface area contributed by atoms with Crippen molar-refractivity contribution in [3.63, 3.8) is 0 Å². The Kier molecular flexibility index (Phi) is 2.16. The maximum Gasteiger partial charge on any atom is 0.0510 e. The van der Waals surface area contributed by atoms with Crippen LogP contribution in [0.25, 0.3) is 5.69 Å². The lowest BCUT2D eigenvalue weighted by Crippen LogP contribution is -1.98. The molecule has 0 amide bonds. The summed E-state index contributed by atoms with van der Waals surface area (Å²) in [6.45, 7) is 8.26. The average Bonchev–Trinajstić information content (AvgIpc) is 2.65. The molecule has 1 aromatic carbocycles. The van der Waals surface area contributed by atoms with Crippen LogP contribution in [0.4, 0.5) is 0 Å². The van der Waals surface area contributed by atoms with Crippen LogP contribution in [0.5, 0.6) is 0 Å². The van der Waals surface area contributed by atoms with Crippen molar-refractivity contribution in [2.24, 2.45) is 0 Å². The van der Waals surface area contributed by atoms with E-state index in [-0.39, 0.29) is 0 Å². The topological polar surface area (TPSA) is 4.93 Å². The van der Waals surface area contributed by atoms with Crippen LogP contribution >= 0.6 is 0 Å². The lowest BCUT2D eigenvalue weighted by molar-refractivity contribution is 1.04. The van der Waals surface area contributed by atoms with Gasteiger partial charge in [-0.1, -0.05) is 12.1 Å². The summed E-state index contributed by atoms with van der Waals surface area (Å²) in [5.41, 5.74) is 4.88. The van der Waals surface area contributed by atoms with Gasteiger partial charge in [-0.25, -0.2) is 0 Å². The van der Waals surface area contributed by atoms with E-state index in [2.05, 4.69) is 49.9 Å². The first-order valence-electron chi connectivity index (χ1n) is 4.75. The van der Waals surface area contributed by atoms with Crippen LogP contribution in [-0.4, -0.2) is 4.57 Å². The summed E-state index contributed by atoms with van der Waals surface area (Å²) in [6, 6.07) is 8.26. The largest absolute Gasteiger partial charge is 0.323 e. The van der Waals surface area contributed by atoms with Crippen molar-refractivity contribution in [3.8, 4) is 5.69 Å². The van der Waals surface area contributed by atoms with Crippen molar-refractivity contribution in [2.45, 2.75) is 13.8 Å². The third-order valence-corrected chi connectivity index (χ3v) is 2.61. The molecule has 0 aliphatic carbocycles. The molecule has 0 saturated carbocycles. The molecule has 0 aliphatic heterocycles. The first-order chi connectivity index (χ1) is 6.70. The fourth-order valence-corrected chi connectivity index (χ4v) is 1.76. The van der Waals surface area contributed by atoms with Gasteiger partial charge in [-0.3, -0.25) is 0 Å². The highest BCUT2D eigenvalue weighted by Gasteiger charge is 2.05. The second-order valence-electron chi connectivity index (χ2n) is 3.61. The van der Waals surface area contributed by atoms with Crippen molar-refractivity contribution in [1.29, 1.82) is 0 Å². The summed E-state index contributed by atoms with van der Waals surface area (Å²) in [5, 5.41) is 0. The van der Waals surface area contributed by atoms with Gasteiger partial charge >= 0.3 is 0 Å². The van der Waals surface area contributed by atoms with Gasteiger partial charge in [0.25, 0.3) is 0 Å². The van der Waals surface area contributed by atoms with Crippen molar-refractivity contribution < 1.29 is 0 Å².